The van der Waals surface area contributed by atoms with Crippen molar-refractivity contribution >= 4 is 5.95 Å². The van der Waals surface area contributed by atoms with E-state index in [9.17, 15) is 0 Å². The molecule has 1 N–H and O–H groups in total. The minimum Gasteiger partial charge on any atom is -0.477 e. The summed E-state index contributed by atoms with van der Waals surface area (Å²) in [6.45, 7) is 7.71. The molecule has 0 radical (unpaired) electrons. The van der Waals surface area contributed by atoms with E-state index in [1.165, 1.54) is 12.8 Å². The molecule has 0 saturated carbocycles. The van der Waals surface area contributed by atoms with Crippen LogP contribution in [0.4, 0.5) is 5.95 Å². The largest absolute Gasteiger partial charge is 0.477 e. The standard InChI is InChI=1S/C12H21N3O/c1-4-6-7-8-16-11-10(3)9-14-12(15-11)13-5-2/h9H,4-8H2,1-3H3,(H,13,14,15). The molecule has 0 fully saturated rings. The predicted molar refractivity (Wildman–Crippen MR) is 66.0 cm³/mol. The van der Waals surface area contributed by atoms with Gasteiger partial charge in [-0.2, -0.15) is 4.98 Å². The van der Waals surface area contributed by atoms with Gasteiger partial charge in [-0.15, -0.1) is 0 Å². The molecule has 0 aliphatic heterocycles. The minimum absolute atomic E-state index is 0.638. The van der Waals surface area contributed by atoms with Crippen LogP contribution in [-0.2, 0) is 0 Å². The van der Waals surface area contributed by atoms with Crippen LogP contribution in [0.25, 0.3) is 0 Å². The van der Waals surface area contributed by atoms with Crippen molar-refractivity contribution in [2.75, 3.05) is 18.5 Å². The van der Waals surface area contributed by atoms with Gasteiger partial charge in [0, 0.05) is 18.3 Å². The van der Waals surface area contributed by atoms with Gasteiger partial charge in [-0.05, 0) is 20.3 Å². The zero-order valence-electron chi connectivity index (χ0n) is 10.4. The van der Waals surface area contributed by atoms with Crippen LogP contribution in [0, 0.1) is 6.92 Å². The normalized spacial score (nSPS) is 10.2. The Balaban J connectivity index is 2.52. The summed E-state index contributed by atoms with van der Waals surface area (Å²) >= 11 is 0. The Morgan fingerprint density at radius 1 is 1.31 bits per heavy atom. The zero-order valence-corrected chi connectivity index (χ0v) is 10.4. The van der Waals surface area contributed by atoms with Crippen molar-refractivity contribution in [2.45, 2.75) is 40.0 Å². The second-order valence-corrected chi connectivity index (χ2v) is 3.77. The molecule has 0 aromatic carbocycles. The van der Waals surface area contributed by atoms with Gasteiger partial charge in [0.25, 0.3) is 0 Å². The van der Waals surface area contributed by atoms with Gasteiger partial charge in [-0.3, -0.25) is 0 Å². The number of anilines is 1. The van der Waals surface area contributed by atoms with E-state index in [1.54, 1.807) is 6.20 Å². The average Bonchev–Trinajstić information content (AvgIpc) is 2.29. The van der Waals surface area contributed by atoms with E-state index in [1.807, 2.05) is 13.8 Å². The summed E-state index contributed by atoms with van der Waals surface area (Å²) in [4.78, 5) is 8.49. The first-order chi connectivity index (χ1) is 7.77. The quantitative estimate of drug-likeness (QED) is 0.722. The molecule has 0 spiro atoms. The predicted octanol–water partition coefficient (Wildman–Crippen LogP) is 2.79. The zero-order chi connectivity index (χ0) is 11.8. The number of hydrogen-bond acceptors (Lipinski definition) is 4. The molecule has 4 heteroatoms. The van der Waals surface area contributed by atoms with Gasteiger partial charge in [-0.1, -0.05) is 19.8 Å². The number of nitrogens with one attached hydrogen (secondary N) is 1. The van der Waals surface area contributed by atoms with Crippen LogP contribution in [-0.4, -0.2) is 23.1 Å². The van der Waals surface area contributed by atoms with Gasteiger partial charge in [0.1, 0.15) is 0 Å². The molecule has 1 heterocycles. The highest BCUT2D eigenvalue weighted by Crippen LogP contribution is 2.15. The molecule has 16 heavy (non-hydrogen) atoms. The topological polar surface area (TPSA) is 47.0 Å². The van der Waals surface area contributed by atoms with Crippen molar-refractivity contribution in [3.8, 4) is 5.88 Å². The number of ether oxygens (including phenoxy) is 1. The van der Waals surface area contributed by atoms with Crippen LogP contribution < -0.4 is 10.1 Å². The molecule has 1 aromatic rings. The molecule has 0 atom stereocenters. The average molecular weight is 223 g/mol. The van der Waals surface area contributed by atoms with E-state index in [-0.39, 0.29) is 0 Å². The fraction of sp³-hybridized carbons (Fsp3) is 0.667. The van der Waals surface area contributed by atoms with Crippen molar-refractivity contribution in [1.82, 2.24) is 9.97 Å². The summed E-state index contributed by atoms with van der Waals surface area (Å²) in [5.74, 6) is 1.33. The summed E-state index contributed by atoms with van der Waals surface area (Å²) in [5, 5.41) is 3.07. The summed E-state index contributed by atoms with van der Waals surface area (Å²) < 4.78 is 5.63. The van der Waals surface area contributed by atoms with Crippen molar-refractivity contribution in [2.24, 2.45) is 0 Å². The fourth-order valence-corrected chi connectivity index (χ4v) is 1.34. The lowest BCUT2D eigenvalue weighted by atomic mass is 10.3. The molecular formula is C12H21N3O. The highest BCUT2D eigenvalue weighted by molar-refractivity contribution is 5.32. The Kier molecular flexibility index (Phi) is 5.61. The second-order valence-electron chi connectivity index (χ2n) is 3.77. The first-order valence-electron chi connectivity index (χ1n) is 5.98. The fourth-order valence-electron chi connectivity index (χ4n) is 1.34. The van der Waals surface area contributed by atoms with Crippen molar-refractivity contribution < 1.29 is 4.74 Å². The summed E-state index contributed by atoms with van der Waals surface area (Å²) in [7, 11) is 0. The van der Waals surface area contributed by atoms with Crippen molar-refractivity contribution in [3.05, 3.63) is 11.8 Å². The van der Waals surface area contributed by atoms with Crippen LogP contribution >= 0.6 is 0 Å². The number of aryl methyl sites for hydroxylation is 1. The molecule has 0 unspecified atom stereocenters. The molecule has 1 rings (SSSR count). The maximum atomic E-state index is 5.63. The van der Waals surface area contributed by atoms with Gasteiger partial charge in [0.15, 0.2) is 0 Å². The molecule has 90 valence electrons. The van der Waals surface area contributed by atoms with Crippen LogP contribution in [0.1, 0.15) is 38.7 Å². The highest BCUT2D eigenvalue weighted by atomic mass is 16.5. The summed E-state index contributed by atoms with van der Waals surface area (Å²) in [6.07, 6.45) is 5.27. The molecule has 0 saturated heterocycles. The van der Waals surface area contributed by atoms with E-state index in [4.69, 9.17) is 4.74 Å². The Labute approximate surface area is 97.5 Å². The number of rotatable bonds is 7. The monoisotopic (exact) mass is 223 g/mol. The highest BCUT2D eigenvalue weighted by Gasteiger charge is 2.03. The van der Waals surface area contributed by atoms with Gasteiger partial charge in [0.2, 0.25) is 11.8 Å². The third-order valence-electron chi connectivity index (χ3n) is 2.25. The minimum atomic E-state index is 0.638. The number of hydrogen-bond donors (Lipinski definition) is 1. The van der Waals surface area contributed by atoms with Crippen LogP contribution in [0.3, 0.4) is 0 Å². The van der Waals surface area contributed by atoms with Crippen molar-refractivity contribution in [3.63, 3.8) is 0 Å². The second kappa shape index (κ2) is 7.04. The number of unbranched alkanes of at least 4 members (excludes halogenated alkanes) is 2. The lowest BCUT2D eigenvalue weighted by molar-refractivity contribution is 0.292. The van der Waals surface area contributed by atoms with Gasteiger partial charge >= 0.3 is 0 Å². The maximum Gasteiger partial charge on any atom is 0.225 e. The SMILES string of the molecule is CCCCCOc1nc(NCC)ncc1C. The van der Waals surface area contributed by atoms with Gasteiger partial charge in [0.05, 0.1) is 6.61 Å². The molecule has 0 amide bonds. The summed E-state index contributed by atoms with van der Waals surface area (Å²) in [6, 6.07) is 0. The third-order valence-corrected chi connectivity index (χ3v) is 2.25. The Bertz CT molecular complexity index is 315. The Morgan fingerprint density at radius 3 is 2.81 bits per heavy atom. The molecule has 0 aliphatic carbocycles. The Morgan fingerprint density at radius 2 is 2.12 bits per heavy atom. The molecule has 4 nitrogen and oxygen atoms in total. The van der Waals surface area contributed by atoms with Crippen molar-refractivity contribution in [1.29, 1.82) is 0 Å². The summed E-state index contributed by atoms with van der Waals surface area (Å²) in [5.41, 5.74) is 0.984. The smallest absolute Gasteiger partial charge is 0.225 e. The van der Waals surface area contributed by atoms with E-state index in [2.05, 4.69) is 22.2 Å². The first-order valence-corrected chi connectivity index (χ1v) is 5.98. The molecular weight excluding hydrogens is 202 g/mol. The third kappa shape index (κ3) is 4.04. The number of aromatic nitrogens is 2. The van der Waals surface area contributed by atoms with Crippen LogP contribution in [0.2, 0.25) is 0 Å². The molecule has 0 aliphatic rings. The van der Waals surface area contributed by atoms with Crippen LogP contribution in [0.15, 0.2) is 6.20 Å². The van der Waals surface area contributed by atoms with Gasteiger partial charge < -0.3 is 10.1 Å². The number of nitrogens with zero attached hydrogens (tertiary/aromatic N) is 2. The first kappa shape index (κ1) is 12.7. The Hall–Kier alpha value is -1.32. The van der Waals surface area contributed by atoms with E-state index in [0.717, 1.165) is 25.1 Å². The van der Waals surface area contributed by atoms with Crippen LogP contribution in [0.5, 0.6) is 5.88 Å². The molecule has 0 bridgehead atoms. The lowest BCUT2D eigenvalue weighted by Gasteiger charge is -2.09. The maximum absolute atomic E-state index is 5.63. The van der Waals surface area contributed by atoms with E-state index < -0.39 is 0 Å². The molecule has 1 aromatic heterocycles. The lowest BCUT2D eigenvalue weighted by Crippen LogP contribution is -2.06. The van der Waals surface area contributed by atoms with E-state index in [0.29, 0.717) is 11.8 Å². The van der Waals surface area contributed by atoms with E-state index >= 15 is 0 Å². The van der Waals surface area contributed by atoms with Gasteiger partial charge in [-0.25, -0.2) is 4.98 Å².